The predicted octanol–water partition coefficient (Wildman–Crippen LogP) is 4.67. The molecule has 0 spiro atoms. The summed E-state index contributed by atoms with van der Waals surface area (Å²) in [6.45, 7) is 15.9. The van der Waals surface area contributed by atoms with Crippen molar-refractivity contribution in [2.45, 2.75) is 70.9 Å². The van der Waals surface area contributed by atoms with E-state index in [1.165, 1.54) is 12.0 Å². The molecular formula is C18H31NOSi. The summed E-state index contributed by atoms with van der Waals surface area (Å²) in [5.74, 6) is 0. The van der Waals surface area contributed by atoms with Crippen LogP contribution in [0.25, 0.3) is 0 Å². The molecule has 3 heteroatoms. The van der Waals surface area contributed by atoms with Gasteiger partial charge in [-0.25, -0.2) is 0 Å². The number of benzene rings is 1. The summed E-state index contributed by atoms with van der Waals surface area (Å²) in [6, 6.07) is 12.1. The highest BCUT2D eigenvalue weighted by atomic mass is 28.4. The Morgan fingerprint density at radius 1 is 1.10 bits per heavy atom. The Morgan fingerprint density at radius 3 is 2.24 bits per heavy atom. The highest BCUT2D eigenvalue weighted by Gasteiger charge is 2.47. The van der Waals surface area contributed by atoms with E-state index in [4.69, 9.17) is 4.43 Å². The minimum Gasteiger partial charge on any atom is -0.415 e. The molecule has 2 rings (SSSR count). The standard InChI is InChI=1S/C18H31NOSi/c1-7-16-17(14-20-21(5,6)18(2,3)4)19(16)13-15-11-9-8-10-12-15/h8-12,16-17H,7,13-14H2,1-6H3/t16-,17-,19?/m0/s1. The van der Waals surface area contributed by atoms with Gasteiger partial charge in [0.2, 0.25) is 0 Å². The van der Waals surface area contributed by atoms with Gasteiger partial charge in [-0.05, 0) is 30.1 Å². The van der Waals surface area contributed by atoms with E-state index in [2.05, 4.69) is 76.0 Å². The normalized spacial score (nSPS) is 25.9. The molecule has 1 aromatic carbocycles. The second-order valence-electron chi connectivity index (χ2n) is 7.77. The highest BCUT2D eigenvalue weighted by Crippen LogP contribution is 2.39. The number of hydrogen-bond donors (Lipinski definition) is 0. The topological polar surface area (TPSA) is 12.2 Å². The van der Waals surface area contributed by atoms with Crippen molar-refractivity contribution in [1.29, 1.82) is 0 Å². The summed E-state index contributed by atoms with van der Waals surface area (Å²) in [5, 5.41) is 0.299. The van der Waals surface area contributed by atoms with Crippen LogP contribution in [0.1, 0.15) is 39.7 Å². The van der Waals surface area contributed by atoms with E-state index in [1.807, 2.05) is 0 Å². The lowest BCUT2D eigenvalue weighted by molar-refractivity contribution is 0.268. The van der Waals surface area contributed by atoms with E-state index < -0.39 is 8.32 Å². The van der Waals surface area contributed by atoms with Crippen molar-refractivity contribution in [2.75, 3.05) is 6.61 Å². The van der Waals surface area contributed by atoms with Crippen molar-refractivity contribution in [3.8, 4) is 0 Å². The largest absolute Gasteiger partial charge is 0.415 e. The molecule has 1 aliphatic rings. The lowest BCUT2D eigenvalue weighted by Crippen LogP contribution is -2.42. The van der Waals surface area contributed by atoms with Crippen LogP contribution >= 0.6 is 0 Å². The Morgan fingerprint density at radius 2 is 1.71 bits per heavy atom. The molecule has 0 amide bonds. The van der Waals surface area contributed by atoms with Crippen molar-refractivity contribution in [3.05, 3.63) is 35.9 Å². The quantitative estimate of drug-likeness (QED) is 0.559. The van der Waals surface area contributed by atoms with Gasteiger partial charge in [0.05, 0.1) is 6.61 Å². The third kappa shape index (κ3) is 3.96. The van der Waals surface area contributed by atoms with Crippen molar-refractivity contribution >= 4 is 8.32 Å². The average Bonchev–Trinajstić information content (AvgIpc) is 3.08. The Bertz CT molecular complexity index is 452. The molecule has 3 atom stereocenters. The first-order chi connectivity index (χ1) is 9.76. The molecule has 1 aromatic rings. The third-order valence-corrected chi connectivity index (χ3v) is 9.75. The lowest BCUT2D eigenvalue weighted by atomic mass is 10.2. The summed E-state index contributed by atoms with van der Waals surface area (Å²) < 4.78 is 6.42. The maximum absolute atomic E-state index is 6.42. The Balaban J connectivity index is 1.89. The van der Waals surface area contributed by atoms with Gasteiger partial charge in [0, 0.05) is 18.6 Å². The summed E-state index contributed by atoms with van der Waals surface area (Å²) in [4.78, 5) is 2.59. The molecule has 0 radical (unpaired) electrons. The molecule has 1 unspecified atom stereocenters. The van der Waals surface area contributed by atoms with Gasteiger partial charge < -0.3 is 4.43 Å². The molecule has 2 nitrogen and oxygen atoms in total. The molecule has 21 heavy (non-hydrogen) atoms. The maximum Gasteiger partial charge on any atom is 0.192 e. The zero-order valence-electron chi connectivity index (χ0n) is 14.5. The first-order valence-corrected chi connectivity index (χ1v) is 11.1. The van der Waals surface area contributed by atoms with E-state index >= 15 is 0 Å². The first kappa shape index (κ1) is 16.7. The van der Waals surface area contributed by atoms with Crippen LogP contribution < -0.4 is 0 Å². The second-order valence-corrected chi connectivity index (χ2v) is 12.6. The summed E-state index contributed by atoms with van der Waals surface area (Å²) >= 11 is 0. The van der Waals surface area contributed by atoms with Crippen LogP contribution in [0.15, 0.2) is 30.3 Å². The zero-order chi connectivity index (χ0) is 15.7. The Labute approximate surface area is 131 Å². The van der Waals surface area contributed by atoms with Crippen LogP contribution in [-0.2, 0) is 11.0 Å². The minimum absolute atomic E-state index is 0.299. The van der Waals surface area contributed by atoms with Gasteiger partial charge in [-0.15, -0.1) is 0 Å². The van der Waals surface area contributed by atoms with Gasteiger partial charge in [-0.2, -0.15) is 0 Å². The summed E-state index contributed by atoms with van der Waals surface area (Å²) in [6.07, 6.45) is 1.22. The maximum atomic E-state index is 6.42. The Kier molecular flexibility index (Phi) is 4.96. The van der Waals surface area contributed by atoms with Crippen LogP contribution in [0.4, 0.5) is 0 Å². The Hall–Kier alpha value is -0.643. The van der Waals surface area contributed by atoms with E-state index in [0.29, 0.717) is 17.1 Å². The fraction of sp³-hybridized carbons (Fsp3) is 0.667. The molecule has 0 saturated carbocycles. The molecule has 118 valence electrons. The van der Waals surface area contributed by atoms with Crippen LogP contribution in [0, 0.1) is 0 Å². The van der Waals surface area contributed by atoms with Crippen molar-refractivity contribution in [3.63, 3.8) is 0 Å². The van der Waals surface area contributed by atoms with Crippen molar-refractivity contribution in [1.82, 2.24) is 4.90 Å². The van der Waals surface area contributed by atoms with E-state index in [1.54, 1.807) is 0 Å². The smallest absolute Gasteiger partial charge is 0.192 e. The molecule has 0 bridgehead atoms. The molecule has 1 heterocycles. The van der Waals surface area contributed by atoms with Crippen LogP contribution in [0.2, 0.25) is 18.1 Å². The average molecular weight is 306 g/mol. The monoisotopic (exact) mass is 305 g/mol. The van der Waals surface area contributed by atoms with Crippen LogP contribution in [0.3, 0.4) is 0 Å². The first-order valence-electron chi connectivity index (χ1n) is 8.20. The number of hydrogen-bond acceptors (Lipinski definition) is 2. The molecular weight excluding hydrogens is 274 g/mol. The van der Waals surface area contributed by atoms with Gasteiger partial charge >= 0.3 is 0 Å². The van der Waals surface area contributed by atoms with Gasteiger partial charge in [-0.3, -0.25) is 4.90 Å². The molecule has 0 aromatic heterocycles. The summed E-state index contributed by atoms with van der Waals surface area (Å²) in [5.41, 5.74) is 1.41. The fourth-order valence-corrected chi connectivity index (χ4v) is 3.67. The highest BCUT2D eigenvalue weighted by molar-refractivity contribution is 6.74. The second kappa shape index (κ2) is 6.23. The zero-order valence-corrected chi connectivity index (χ0v) is 15.5. The molecule has 0 aliphatic carbocycles. The molecule has 1 fully saturated rings. The van der Waals surface area contributed by atoms with Gasteiger partial charge in [0.15, 0.2) is 8.32 Å². The van der Waals surface area contributed by atoms with Crippen molar-refractivity contribution < 1.29 is 4.43 Å². The molecule has 1 saturated heterocycles. The molecule has 1 aliphatic heterocycles. The van der Waals surface area contributed by atoms with E-state index in [9.17, 15) is 0 Å². The van der Waals surface area contributed by atoms with Gasteiger partial charge in [-0.1, -0.05) is 58.0 Å². The van der Waals surface area contributed by atoms with E-state index in [0.717, 1.165) is 13.2 Å². The predicted molar refractivity (Wildman–Crippen MR) is 93.0 cm³/mol. The number of rotatable bonds is 6. The fourth-order valence-electron chi connectivity index (χ4n) is 2.64. The van der Waals surface area contributed by atoms with E-state index in [-0.39, 0.29) is 0 Å². The summed E-state index contributed by atoms with van der Waals surface area (Å²) in [7, 11) is -1.62. The van der Waals surface area contributed by atoms with Crippen LogP contribution in [-0.4, -0.2) is 31.9 Å². The van der Waals surface area contributed by atoms with Gasteiger partial charge in [0.25, 0.3) is 0 Å². The van der Waals surface area contributed by atoms with Crippen molar-refractivity contribution in [2.24, 2.45) is 0 Å². The third-order valence-electron chi connectivity index (χ3n) is 5.25. The lowest BCUT2D eigenvalue weighted by Gasteiger charge is -2.36. The molecule has 0 N–H and O–H groups in total. The SMILES string of the molecule is CC[C@H]1[C@H](CO[Si](C)(C)C(C)(C)C)N1Cc1ccccc1. The van der Waals surface area contributed by atoms with Crippen LogP contribution in [0.5, 0.6) is 0 Å². The minimum atomic E-state index is -1.62. The van der Waals surface area contributed by atoms with Gasteiger partial charge in [0.1, 0.15) is 0 Å². The number of nitrogens with zero attached hydrogens (tertiary/aromatic N) is 1.